The van der Waals surface area contributed by atoms with Crippen molar-refractivity contribution in [3.63, 3.8) is 0 Å². The third kappa shape index (κ3) is 5.04. The zero-order chi connectivity index (χ0) is 21.0. The molecule has 0 aliphatic heterocycles. The van der Waals surface area contributed by atoms with Crippen molar-refractivity contribution < 1.29 is 50.8 Å². The molecule has 152 valence electrons. The van der Waals surface area contributed by atoms with Crippen LogP contribution in [0.25, 0.3) is 0 Å². The molecule has 6 nitrogen and oxygen atoms in total. The molecule has 27 heavy (non-hydrogen) atoms. The minimum atomic E-state index is -5.31. The van der Waals surface area contributed by atoms with E-state index in [2.05, 4.69) is 4.52 Å². The Morgan fingerprint density at radius 1 is 1.19 bits per heavy atom. The quantitative estimate of drug-likeness (QED) is 0.338. The van der Waals surface area contributed by atoms with Gasteiger partial charge < -0.3 is 14.7 Å². The van der Waals surface area contributed by atoms with Gasteiger partial charge in [0.15, 0.2) is 17.5 Å². The number of carbonyl (C=O) groups is 2. The Bertz CT molecular complexity index is 769. The predicted molar refractivity (Wildman–Crippen MR) is 82.3 cm³/mol. The van der Waals surface area contributed by atoms with Gasteiger partial charge in [-0.1, -0.05) is 0 Å². The molecule has 0 radical (unpaired) electrons. The molecule has 0 saturated carbocycles. The largest absolute Gasteiger partial charge is 0.481 e. The molecule has 1 rings (SSSR count). The molecule has 0 aliphatic rings. The second-order valence-corrected chi connectivity index (χ2v) is 8.04. The van der Waals surface area contributed by atoms with Crippen LogP contribution in [0.2, 0.25) is 0 Å². The molecule has 2 atom stereocenters. The lowest BCUT2D eigenvalue weighted by molar-refractivity contribution is -0.142. The van der Waals surface area contributed by atoms with Crippen LogP contribution in [0.1, 0.15) is 25.3 Å². The second-order valence-electron chi connectivity index (χ2n) is 5.51. The van der Waals surface area contributed by atoms with Crippen LogP contribution in [0.3, 0.4) is 0 Å². The van der Waals surface area contributed by atoms with Gasteiger partial charge in [-0.2, -0.15) is 8.78 Å². The first-order valence-corrected chi connectivity index (χ1v) is 9.38. The van der Waals surface area contributed by atoms with Crippen molar-refractivity contribution in [1.29, 1.82) is 0 Å². The molecule has 0 bridgehead atoms. The molecule has 0 aromatic heterocycles. The van der Waals surface area contributed by atoms with E-state index >= 15 is 0 Å². The fourth-order valence-electron chi connectivity index (χ4n) is 2.28. The number of alkyl halides is 2. The van der Waals surface area contributed by atoms with Gasteiger partial charge >= 0.3 is 17.6 Å². The third-order valence-electron chi connectivity index (χ3n) is 3.64. The first-order valence-electron chi connectivity index (χ1n) is 7.57. The first kappa shape index (κ1) is 23.0. The molecule has 0 heterocycles. The van der Waals surface area contributed by atoms with E-state index in [0.717, 1.165) is 6.92 Å². The Morgan fingerprint density at radius 2 is 1.78 bits per heavy atom. The Balaban J connectivity index is 3.38. The van der Waals surface area contributed by atoms with E-state index in [0.29, 0.717) is 0 Å². The average molecular weight is 418 g/mol. The Morgan fingerprint density at radius 3 is 2.26 bits per heavy atom. The minimum Gasteiger partial charge on any atom is -0.481 e. The van der Waals surface area contributed by atoms with E-state index in [1.54, 1.807) is 0 Å². The maximum atomic E-state index is 14.8. The van der Waals surface area contributed by atoms with Crippen LogP contribution < -0.4 is 0 Å². The monoisotopic (exact) mass is 418 g/mol. The predicted octanol–water partition coefficient (Wildman–Crippen LogP) is 4.03. The van der Waals surface area contributed by atoms with Crippen LogP contribution in [0.15, 0.2) is 12.1 Å². The van der Waals surface area contributed by atoms with E-state index in [1.807, 2.05) is 0 Å². The number of benzene rings is 1. The second kappa shape index (κ2) is 8.79. The number of halogens is 5. The van der Waals surface area contributed by atoms with E-state index in [9.17, 15) is 36.1 Å². The Hall–Kier alpha value is -2.00. The van der Waals surface area contributed by atoms with E-state index < -0.39 is 79.5 Å². The molecule has 2 unspecified atom stereocenters. The van der Waals surface area contributed by atoms with Crippen molar-refractivity contribution in [2.45, 2.75) is 25.4 Å². The summed E-state index contributed by atoms with van der Waals surface area (Å²) in [7, 11) is -5.31. The van der Waals surface area contributed by atoms with Crippen molar-refractivity contribution in [3.05, 3.63) is 35.1 Å². The van der Waals surface area contributed by atoms with Gasteiger partial charge in [-0.05, 0) is 25.5 Å². The van der Waals surface area contributed by atoms with E-state index in [4.69, 9.17) is 10.2 Å². The van der Waals surface area contributed by atoms with Crippen LogP contribution >= 0.6 is 7.37 Å². The maximum absolute atomic E-state index is 14.8. The number of hydrogen-bond donors (Lipinski definition) is 2. The molecule has 1 aromatic rings. The molecular weight excluding hydrogens is 402 g/mol. The molecule has 0 fully saturated rings. The highest BCUT2D eigenvalue weighted by atomic mass is 31.2. The van der Waals surface area contributed by atoms with Crippen LogP contribution in [-0.4, -0.2) is 34.9 Å². The molecule has 2 N–H and O–H groups in total. The normalized spacial score (nSPS) is 15.2. The highest BCUT2D eigenvalue weighted by molar-refractivity contribution is 7.59. The highest BCUT2D eigenvalue weighted by Gasteiger charge is 2.56. The molecule has 0 spiro atoms. The molecule has 12 heteroatoms. The van der Waals surface area contributed by atoms with Gasteiger partial charge in [0.1, 0.15) is 0 Å². The summed E-state index contributed by atoms with van der Waals surface area (Å²) in [5.74, 6) is -11.2. The van der Waals surface area contributed by atoms with E-state index in [1.165, 1.54) is 0 Å². The lowest BCUT2D eigenvalue weighted by Gasteiger charge is -2.29. The van der Waals surface area contributed by atoms with Gasteiger partial charge in [0.05, 0.1) is 18.1 Å². The number of rotatable bonds is 10. The van der Waals surface area contributed by atoms with Crippen LogP contribution in [0, 0.1) is 23.4 Å². The summed E-state index contributed by atoms with van der Waals surface area (Å²) >= 11 is 0. The van der Waals surface area contributed by atoms with Crippen molar-refractivity contribution >= 4 is 19.3 Å². The zero-order valence-electron chi connectivity index (χ0n) is 13.9. The number of hydrogen-bond acceptors (Lipinski definition) is 4. The van der Waals surface area contributed by atoms with Gasteiger partial charge in [-0.3, -0.25) is 14.2 Å². The van der Waals surface area contributed by atoms with Crippen molar-refractivity contribution in [2.24, 2.45) is 5.92 Å². The summed E-state index contributed by atoms with van der Waals surface area (Å²) in [6, 6.07) is 0.392. The summed E-state index contributed by atoms with van der Waals surface area (Å²) in [5.41, 5.74) is -6.43. The SMILES string of the molecule is CCOP(=O)(CC(CCC(=O)O)C(=O)O)C(F)(F)c1ccc(F)c(F)c1F. The van der Waals surface area contributed by atoms with Gasteiger partial charge in [0.25, 0.3) is 7.37 Å². The summed E-state index contributed by atoms with van der Waals surface area (Å²) in [6.45, 7) is 0.584. The van der Waals surface area contributed by atoms with Crippen LogP contribution in [0.4, 0.5) is 22.0 Å². The van der Waals surface area contributed by atoms with Gasteiger partial charge in [0, 0.05) is 12.6 Å². The van der Waals surface area contributed by atoms with Crippen molar-refractivity contribution in [2.75, 3.05) is 12.8 Å². The summed E-state index contributed by atoms with van der Waals surface area (Å²) in [4.78, 5) is 21.8. The lowest BCUT2D eigenvalue weighted by Crippen LogP contribution is -2.27. The summed E-state index contributed by atoms with van der Waals surface area (Å²) in [5, 5.41) is 17.7. The van der Waals surface area contributed by atoms with Gasteiger partial charge in [0.2, 0.25) is 0 Å². The van der Waals surface area contributed by atoms with Gasteiger partial charge in [-0.15, -0.1) is 0 Å². The molecule has 0 amide bonds. The Kier molecular flexibility index (Phi) is 7.50. The summed E-state index contributed by atoms with van der Waals surface area (Å²) in [6.07, 6.45) is -2.68. The number of carboxylic acids is 2. The lowest BCUT2D eigenvalue weighted by atomic mass is 10.1. The molecule has 0 saturated heterocycles. The van der Waals surface area contributed by atoms with Gasteiger partial charge in [-0.25, -0.2) is 13.2 Å². The fraction of sp³-hybridized carbons (Fsp3) is 0.467. The first-order chi connectivity index (χ1) is 12.4. The van der Waals surface area contributed by atoms with Crippen LogP contribution in [0.5, 0.6) is 0 Å². The molecule has 1 aromatic carbocycles. The molecule has 0 aliphatic carbocycles. The fourth-order valence-corrected chi connectivity index (χ4v) is 4.65. The summed E-state index contributed by atoms with van der Waals surface area (Å²) < 4.78 is 87.0. The maximum Gasteiger partial charge on any atom is 0.349 e. The number of aliphatic carboxylic acids is 2. The van der Waals surface area contributed by atoms with Crippen molar-refractivity contribution in [1.82, 2.24) is 0 Å². The average Bonchev–Trinajstić information content (AvgIpc) is 2.56. The zero-order valence-corrected chi connectivity index (χ0v) is 14.8. The smallest absolute Gasteiger partial charge is 0.349 e. The van der Waals surface area contributed by atoms with Crippen LogP contribution in [-0.2, 0) is 24.3 Å². The minimum absolute atomic E-state index is 0.187. The molecular formula is C15H16F5O6P. The number of carboxylic acid groups (broad SMARTS) is 2. The topological polar surface area (TPSA) is 101 Å². The Labute approximate surface area is 150 Å². The standard InChI is InChI=1S/C15H16F5O6P/c1-2-26-27(25,7-8(14(23)24)3-6-11(21)22)15(19,20)9-4-5-10(16)13(18)12(9)17/h4-5,8H,2-3,6-7H2,1H3,(H,21,22)(H,23,24). The third-order valence-corrected chi connectivity index (χ3v) is 6.33. The highest BCUT2D eigenvalue weighted by Crippen LogP contribution is 2.67. The van der Waals surface area contributed by atoms with E-state index in [-0.39, 0.29) is 12.1 Å². The van der Waals surface area contributed by atoms with Crippen molar-refractivity contribution in [3.8, 4) is 0 Å².